The molecule has 1 aromatic rings. The van der Waals surface area contributed by atoms with Crippen LogP contribution in [0.5, 0.6) is 0 Å². The van der Waals surface area contributed by atoms with Crippen LogP contribution in [0.3, 0.4) is 0 Å². The van der Waals surface area contributed by atoms with E-state index in [4.69, 9.17) is 17.3 Å². The minimum Gasteiger partial charge on any atom is -0.329 e. The lowest BCUT2D eigenvalue weighted by Crippen LogP contribution is -2.56. The van der Waals surface area contributed by atoms with E-state index in [2.05, 4.69) is 22.8 Å². The van der Waals surface area contributed by atoms with Gasteiger partial charge in [0.1, 0.15) is 0 Å². The Balaban J connectivity index is 1.78. The number of fused-ring (bicyclic) bond motifs is 1. The zero-order chi connectivity index (χ0) is 13.4. The molecular formula is C14H22ClN3S. The molecule has 3 rings (SSSR count). The van der Waals surface area contributed by atoms with E-state index < -0.39 is 0 Å². The van der Waals surface area contributed by atoms with Gasteiger partial charge in [-0.05, 0) is 38.4 Å². The van der Waals surface area contributed by atoms with Crippen LogP contribution in [0.25, 0.3) is 0 Å². The van der Waals surface area contributed by atoms with E-state index in [0.717, 1.165) is 16.9 Å². The summed E-state index contributed by atoms with van der Waals surface area (Å²) in [7, 11) is 0. The number of nitrogens with zero attached hydrogens (tertiary/aromatic N) is 2. The highest BCUT2D eigenvalue weighted by atomic mass is 35.5. The van der Waals surface area contributed by atoms with Crippen LogP contribution in [0, 0.1) is 0 Å². The predicted molar refractivity (Wildman–Crippen MR) is 81.9 cm³/mol. The van der Waals surface area contributed by atoms with E-state index in [0.29, 0.717) is 18.6 Å². The molecule has 0 radical (unpaired) electrons. The van der Waals surface area contributed by atoms with Crippen molar-refractivity contribution in [2.45, 2.75) is 37.9 Å². The molecule has 106 valence electrons. The van der Waals surface area contributed by atoms with Gasteiger partial charge in [0.2, 0.25) is 0 Å². The Morgan fingerprint density at radius 1 is 1.47 bits per heavy atom. The minimum atomic E-state index is 0.329. The van der Waals surface area contributed by atoms with Gasteiger partial charge in [0.05, 0.1) is 10.4 Å². The molecule has 0 spiro atoms. The first-order valence-electron chi connectivity index (χ1n) is 7.14. The smallest absolute Gasteiger partial charge is 0.0931 e. The number of hydrogen-bond acceptors (Lipinski definition) is 4. The van der Waals surface area contributed by atoms with Gasteiger partial charge in [-0.1, -0.05) is 11.6 Å². The Labute approximate surface area is 124 Å². The Bertz CT molecular complexity index is 436. The summed E-state index contributed by atoms with van der Waals surface area (Å²) in [5, 5.41) is 0. The highest BCUT2D eigenvalue weighted by molar-refractivity contribution is 7.16. The zero-order valence-corrected chi connectivity index (χ0v) is 13.0. The molecule has 5 heteroatoms. The predicted octanol–water partition coefficient (Wildman–Crippen LogP) is 2.57. The molecule has 3 nitrogen and oxygen atoms in total. The number of halogens is 1. The summed E-state index contributed by atoms with van der Waals surface area (Å²) in [4.78, 5) is 6.55. The first-order valence-corrected chi connectivity index (χ1v) is 8.33. The van der Waals surface area contributed by atoms with Gasteiger partial charge in [-0.15, -0.1) is 11.3 Å². The number of piperazine rings is 1. The lowest BCUT2D eigenvalue weighted by molar-refractivity contribution is 0.0306. The minimum absolute atomic E-state index is 0.329. The second-order valence-corrected chi connectivity index (χ2v) is 7.48. The average molecular weight is 300 g/mol. The number of thiophene rings is 1. The second kappa shape index (κ2) is 5.70. The molecule has 1 aromatic heterocycles. The summed E-state index contributed by atoms with van der Waals surface area (Å²) in [5.41, 5.74) is 6.05. The highest BCUT2D eigenvalue weighted by Crippen LogP contribution is 2.34. The van der Waals surface area contributed by atoms with Crippen molar-refractivity contribution in [2.24, 2.45) is 5.73 Å². The Morgan fingerprint density at radius 3 is 3.00 bits per heavy atom. The fourth-order valence-electron chi connectivity index (χ4n) is 3.57. The molecule has 2 aliphatic heterocycles. The molecule has 2 saturated heterocycles. The number of hydrogen-bond donors (Lipinski definition) is 1. The molecule has 2 fully saturated rings. The average Bonchev–Trinajstić information content (AvgIpc) is 2.99. The van der Waals surface area contributed by atoms with E-state index in [9.17, 15) is 0 Å². The van der Waals surface area contributed by atoms with Crippen LogP contribution in [0.15, 0.2) is 12.1 Å². The molecule has 2 N–H and O–H groups in total. The summed E-state index contributed by atoms with van der Waals surface area (Å²) < 4.78 is 0.862. The fourth-order valence-corrected chi connectivity index (χ4v) is 4.76. The summed E-state index contributed by atoms with van der Waals surface area (Å²) in [6.45, 7) is 6.61. The lowest BCUT2D eigenvalue weighted by atomic mass is 10.0. The van der Waals surface area contributed by atoms with E-state index in [1.807, 2.05) is 6.07 Å². The molecule has 3 atom stereocenters. The van der Waals surface area contributed by atoms with Crippen LogP contribution in [0.2, 0.25) is 4.34 Å². The molecule has 0 saturated carbocycles. The van der Waals surface area contributed by atoms with E-state index in [1.165, 1.54) is 30.8 Å². The topological polar surface area (TPSA) is 32.5 Å². The van der Waals surface area contributed by atoms with Crippen LogP contribution < -0.4 is 5.73 Å². The molecule has 0 amide bonds. The van der Waals surface area contributed by atoms with Gasteiger partial charge in [-0.2, -0.15) is 0 Å². The van der Waals surface area contributed by atoms with Crippen molar-refractivity contribution >= 4 is 22.9 Å². The summed E-state index contributed by atoms with van der Waals surface area (Å²) in [5.74, 6) is 0. The fraction of sp³-hybridized carbons (Fsp3) is 0.714. The van der Waals surface area contributed by atoms with Gasteiger partial charge in [0, 0.05) is 36.6 Å². The molecule has 3 heterocycles. The van der Waals surface area contributed by atoms with Gasteiger partial charge in [-0.25, -0.2) is 0 Å². The van der Waals surface area contributed by atoms with Gasteiger partial charge in [-0.3, -0.25) is 9.80 Å². The molecule has 0 aliphatic carbocycles. The van der Waals surface area contributed by atoms with Crippen LogP contribution >= 0.6 is 22.9 Å². The van der Waals surface area contributed by atoms with Crippen molar-refractivity contribution in [3.8, 4) is 0 Å². The van der Waals surface area contributed by atoms with Crippen LogP contribution in [-0.2, 0) is 0 Å². The third kappa shape index (κ3) is 2.69. The first kappa shape index (κ1) is 13.8. The lowest BCUT2D eigenvalue weighted by Gasteiger charge is -2.45. The second-order valence-electron chi connectivity index (χ2n) is 5.73. The zero-order valence-electron chi connectivity index (χ0n) is 11.4. The third-order valence-electron chi connectivity index (χ3n) is 4.53. The Hall–Kier alpha value is -0.130. The van der Waals surface area contributed by atoms with Crippen molar-refractivity contribution < 1.29 is 0 Å². The molecule has 0 bridgehead atoms. The van der Waals surface area contributed by atoms with E-state index in [-0.39, 0.29) is 0 Å². The van der Waals surface area contributed by atoms with Gasteiger partial charge in [0.15, 0.2) is 0 Å². The number of rotatable bonds is 3. The van der Waals surface area contributed by atoms with Gasteiger partial charge in [0.25, 0.3) is 0 Å². The standard InChI is InChI=1S/C14H22ClN3S/c1-10-8-17-6-2-3-11(17)9-18(10)12(7-16)13-4-5-14(15)19-13/h4-5,10-12H,2-3,6-9,16H2,1H3. The monoisotopic (exact) mass is 299 g/mol. The summed E-state index contributed by atoms with van der Waals surface area (Å²) in [6, 6.07) is 5.76. The molecule has 19 heavy (non-hydrogen) atoms. The maximum atomic E-state index is 6.08. The SMILES string of the molecule is CC1CN2CCCC2CN1C(CN)c1ccc(Cl)s1. The summed E-state index contributed by atoms with van der Waals surface area (Å²) in [6.07, 6.45) is 2.69. The van der Waals surface area contributed by atoms with Crippen molar-refractivity contribution in [2.75, 3.05) is 26.2 Å². The van der Waals surface area contributed by atoms with Gasteiger partial charge >= 0.3 is 0 Å². The molecule has 2 aliphatic rings. The maximum absolute atomic E-state index is 6.08. The molecule has 0 aromatic carbocycles. The summed E-state index contributed by atoms with van der Waals surface area (Å²) >= 11 is 7.75. The third-order valence-corrected chi connectivity index (χ3v) is 5.86. The Morgan fingerprint density at radius 2 is 2.32 bits per heavy atom. The molecule has 3 unspecified atom stereocenters. The van der Waals surface area contributed by atoms with Crippen molar-refractivity contribution in [1.82, 2.24) is 9.80 Å². The first-order chi connectivity index (χ1) is 9.19. The normalized spacial score (nSPS) is 30.5. The van der Waals surface area contributed by atoms with Crippen molar-refractivity contribution in [1.29, 1.82) is 0 Å². The quantitative estimate of drug-likeness (QED) is 0.931. The molecular weight excluding hydrogens is 278 g/mol. The van der Waals surface area contributed by atoms with Crippen LogP contribution in [-0.4, -0.2) is 48.1 Å². The van der Waals surface area contributed by atoms with Crippen molar-refractivity contribution in [3.63, 3.8) is 0 Å². The van der Waals surface area contributed by atoms with Crippen molar-refractivity contribution in [3.05, 3.63) is 21.3 Å². The maximum Gasteiger partial charge on any atom is 0.0931 e. The van der Waals surface area contributed by atoms with Crippen LogP contribution in [0.1, 0.15) is 30.7 Å². The van der Waals surface area contributed by atoms with Crippen LogP contribution in [0.4, 0.5) is 0 Å². The largest absolute Gasteiger partial charge is 0.329 e. The highest BCUT2D eigenvalue weighted by Gasteiger charge is 2.37. The Kier molecular flexibility index (Phi) is 4.15. The van der Waals surface area contributed by atoms with E-state index in [1.54, 1.807) is 11.3 Å². The number of nitrogens with two attached hydrogens (primary N) is 1. The van der Waals surface area contributed by atoms with Gasteiger partial charge < -0.3 is 5.73 Å². The van der Waals surface area contributed by atoms with E-state index >= 15 is 0 Å².